The lowest BCUT2D eigenvalue weighted by molar-refractivity contribution is 0.481. The normalized spacial score (nSPS) is 11.0. The van der Waals surface area contributed by atoms with E-state index in [0.717, 1.165) is 40.9 Å². The third-order valence-corrected chi connectivity index (χ3v) is 4.59. The summed E-state index contributed by atoms with van der Waals surface area (Å²) in [5.74, 6) is 1.19. The summed E-state index contributed by atoms with van der Waals surface area (Å²) in [6, 6.07) is 7.89. The number of hydrogen-bond donors (Lipinski definition) is 1. The highest BCUT2D eigenvalue weighted by Gasteiger charge is 2.13. The molecule has 3 rings (SSSR count). The maximum atomic E-state index is 9.33. The first-order valence-corrected chi connectivity index (χ1v) is 9.57. The Balaban J connectivity index is 1.96. The summed E-state index contributed by atoms with van der Waals surface area (Å²) in [7, 11) is 0. The molecule has 0 saturated heterocycles. The van der Waals surface area contributed by atoms with Crippen LogP contribution in [0.5, 0.6) is 0 Å². The standard InChI is InChI=1S/C22H26N6/c1-15(2)13-28-14-20(16(3)27-28)9-19-8-17(10-24)4-5-21(19)22-25-11-18(6-7-23)12-26-22/h4-5,8,11-12,14-15H,6-7,9,13,23H2,1-3H3. The van der Waals surface area contributed by atoms with Gasteiger partial charge in [-0.3, -0.25) is 4.68 Å². The Hall–Kier alpha value is -3.04. The predicted molar refractivity (Wildman–Crippen MR) is 110 cm³/mol. The van der Waals surface area contributed by atoms with Crippen LogP contribution in [-0.2, 0) is 19.4 Å². The van der Waals surface area contributed by atoms with Crippen LogP contribution in [0, 0.1) is 24.2 Å². The van der Waals surface area contributed by atoms with Crippen molar-refractivity contribution in [1.82, 2.24) is 19.7 Å². The van der Waals surface area contributed by atoms with Crippen molar-refractivity contribution in [1.29, 1.82) is 5.26 Å². The Labute approximate surface area is 166 Å². The molecule has 0 saturated carbocycles. The molecule has 0 atom stereocenters. The average Bonchev–Trinajstić information content (AvgIpc) is 3.01. The second-order valence-electron chi connectivity index (χ2n) is 7.47. The average molecular weight is 374 g/mol. The van der Waals surface area contributed by atoms with Crippen LogP contribution >= 0.6 is 0 Å². The first-order chi connectivity index (χ1) is 13.5. The van der Waals surface area contributed by atoms with Gasteiger partial charge in [-0.15, -0.1) is 0 Å². The number of nitrogens with zero attached hydrogens (tertiary/aromatic N) is 5. The number of nitrogens with two attached hydrogens (primary N) is 1. The molecule has 2 N–H and O–H groups in total. The van der Waals surface area contributed by atoms with Crippen molar-refractivity contribution >= 4 is 0 Å². The summed E-state index contributed by atoms with van der Waals surface area (Å²) in [6.07, 6.45) is 7.19. The molecule has 2 heterocycles. The summed E-state index contributed by atoms with van der Waals surface area (Å²) >= 11 is 0. The molecule has 0 aliphatic carbocycles. The van der Waals surface area contributed by atoms with E-state index >= 15 is 0 Å². The lowest BCUT2D eigenvalue weighted by Crippen LogP contribution is -2.04. The largest absolute Gasteiger partial charge is 0.330 e. The fourth-order valence-electron chi connectivity index (χ4n) is 3.22. The molecule has 0 amide bonds. The fraction of sp³-hybridized carbons (Fsp3) is 0.364. The van der Waals surface area contributed by atoms with Gasteiger partial charge in [0, 0.05) is 37.1 Å². The first kappa shape index (κ1) is 19.7. The lowest BCUT2D eigenvalue weighted by Gasteiger charge is -2.09. The monoisotopic (exact) mass is 374 g/mol. The van der Waals surface area contributed by atoms with Gasteiger partial charge in [0.2, 0.25) is 0 Å². The van der Waals surface area contributed by atoms with Gasteiger partial charge in [-0.1, -0.05) is 13.8 Å². The second kappa shape index (κ2) is 8.77. The number of nitriles is 1. The molecule has 0 fully saturated rings. The van der Waals surface area contributed by atoms with Gasteiger partial charge in [0.25, 0.3) is 0 Å². The van der Waals surface area contributed by atoms with Gasteiger partial charge in [-0.2, -0.15) is 10.4 Å². The van der Waals surface area contributed by atoms with Crippen LogP contribution in [0.25, 0.3) is 11.4 Å². The highest BCUT2D eigenvalue weighted by atomic mass is 15.3. The Bertz CT molecular complexity index is 979. The van der Waals surface area contributed by atoms with Crippen LogP contribution in [0.2, 0.25) is 0 Å². The maximum Gasteiger partial charge on any atom is 0.159 e. The van der Waals surface area contributed by atoms with Crippen LogP contribution in [0.1, 0.15) is 41.8 Å². The molecule has 0 aliphatic heterocycles. The molecule has 0 radical (unpaired) electrons. The van der Waals surface area contributed by atoms with E-state index in [2.05, 4.69) is 41.2 Å². The Morgan fingerprint density at radius 3 is 2.57 bits per heavy atom. The zero-order valence-corrected chi connectivity index (χ0v) is 16.7. The zero-order valence-electron chi connectivity index (χ0n) is 16.7. The summed E-state index contributed by atoms with van der Waals surface area (Å²) < 4.78 is 2.00. The van der Waals surface area contributed by atoms with Crippen molar-refractivity contribution in [2.45, 2.75) is 40.2 Å². The fourth-order valence-corrected chi connectivity index (χ4v) is 3.22. The quantitative estimate of drug-likeness (QED) is 0.685. The highest BCUT2D eigenvalue weighted by Crippen LogP contribution is 2.25. The Kier molecular flexibility index (Phi) is 6.17. The van der Waals surface area contributed by atoms with E-state index in [0.29, 0.717) is 30.3 Å². The number of aryl methyl sites for hydroxylation is 1. The van der Waals surface area contributed by atoms with Crippen LogP contribution < -0.4 is 5.73 Å². The molecule has 2 aromatic heterocycles. The van der Waals surface area contributed by atoms with Gasteiger partial charge in [0.1, 0.15) is 0 Å². The number of aromatic nitrogens is 4. The molecule has 0 bridgehead atoms. The SMILES string of the molecule is Cc1nn(CC(C)C)cc1Cc1cc(C#N)ccc1-c1ncc(CCN)cn1. The lowest BCUT2D eigenvalue weighted by atomic mass is 9.97. The van der Waals surface area contributed by atoms with Crippen molar-refractivity contribution in [3.8, 4) is 17.5 Å². The molecule has 6 nitrogen and oxygen atoms in total. The zero-order chi connectivity index (χ0) is 20.1. The van der Waals surface area contributed by atoms with E-state index in [1.165, 1.54) is 0 Å². The van der Waals surface area contributed by atoms with E-state index in [1.54, 1.807) is 0 Å². The molecular weight excluding hydrogens is 348 g/mol. The first-order valence-electron chi connectivity index (χ1n) is 9.57. The van der Waals surface area contributed by atoms with Gasteiger partial charge in [-0.05, 0) is 60.7 Å². The van der Waals surface area contributed by atoms with Crippen LogP contribution in [0.15, 0.2) is 36.8 Å². The molecule has 0 aliphatic rings. The highest BCUT2D eigenvalue weighted by molar-refractivity contribution is 5.63. The summed E-state index contributed by atoms with van der Waals surface area (Å²) in [5.41, 5.74) is 11.4. The molecule has 28 heavy (non-hydrogen) atoms. The van der Waals surface area contributed by atoms with E-state index in [1.807, 2.05) is 42.2 Å². The maximum absolute atomic E-state index is 9.33. The van der Waals surface area contributed by atoms with Crippen LogP contribution in [-0.4, -0.2) is 26.3 Å². The minimum Gasteiger partial charge on any atom is -0.330 e. The van der Waals surface area contributed by atoms with Gasteiger partial charge in [0.15, 0.2) is 5.82 Å². The topological polar surface area (TPSA) is 93.4 Å². The Morgan fingerprint density at radius 2 is 1.93 bits per heavy atom. The molecule has 3 aromatic rings. The third kappa shape index (κ3) is 4.62. The van der Waals surface area contributed by atoms with Crippen LogP contribution in [0.4, 0.5) is 0 Å². The Morgan fingerprint density at radius 1 is 1.18 bits per heavy atom. The van der Waals surface area contributed by atoms with E-state index in [-0.39, 0.29) is 0 Å². The smallest absolute Gasteiger partial charge is 0.159 e. The number of rotatable bonds is 7. The van der Waals surface area contributed by atoms with E-state index in [9.17, 15) is 5.26 Å². The van der Waals surface area contributed by atoms with Crippen molar-refractivity contribution in [2.24, 2.45) is 11.7 Å². The van der Waals surface area contributed by atoms with Gasteiger partial charge >= 0.3 is 0 Å². The van der Waals surface area contributed by atoms with Gasteiger partial charge in [-0.25, -0.2) is 9.97 Å². The molecule has 0 spiro atoms. The molecule has 144 valence electrons. The van der Waals surface area contributed by atoms with Gasteiger partial charge < -0.3 is 5.73 Å². The molecule has 0 unspecified atom stereocenters. The van der Waals surface area contributed by atoms with E-state index < -0.39 is 0 Å². The minimum atomic E-state index is 0.532. The number of hydrogen-bond acceptors (Lipinski definition) is 5. The second-order valence-corrected chi connectivity index (χ2v) is 7.47. The predicted octanol–water partition coefficient (Wildman–Crippen LogP) is 3.27. The van der Waals surface area contributed by atoms with Crippen molar-refractivity contribution < 1.29 is 0 Å². The van der Waals surface area contributed by atoms with Crippen molar-refractivity contribution in [2.75, 3.05) is 6.54 Å². The number of benzene rings is 1. The molecule has 6 heteroatoms. The third-order valence-electron chi connectivity index (χ3n) is 4.59. The van der Waals surface area contributed by atoms with Gasteiger partial charge in [0.05, 0.1) is 17.3 Å². The van der Waals surface area contributed by atoms with E-state index in [4.69, 9.17) is 5.73 Å². The summed E-state index contributed by atoms with van der Waals surface area (Å²) in [5, 5.41) is 14.0. The minimum absolute atomic E-state index is 0.532. The van der Waals surface area contributed by atoms with Crippen molar-refractivity contribution in [3.63, 3.8) is 0 Å². The van der Waals surface area contributed by atoms with Crippen molar-refractivity contribution in [3.05, 3.63) is 64.7 Å². The summed E-state index contributed by atoms with van der Waals surface area (Å²) in [4.78, 5) is 9.04. The molecule has 1 aromatic carbocycles. The summed E-state index contributed by atoms with van der Waals surface area (Å²) in [6.45, 7) is 7.84. The van der Waals surface area contributed by atoms with Crippen LogP contribution in [0.3, 0.4) is 0 Å². The molecular formula is C22H26N6.